The predicted octanol–water partition coefficient (Wildman–Crippen LogP) is 3.26. The molecule has 0 spiro atoms. The molecule has 0 radical (unpaired) electrons. The lowest BCUT2D eigenvalue weighted by molar-refractivity contribution is 0.316. The van der Waals surface area contributed by atoms with Gasteiger partial charge in [0.15, 0.2) is 0 Å². The molecule has 0 saturated heterocycles. The zero-order chi connectivity index (χ0) is 14.5. The second-order valence-corrected chi connectivity index (χ2v) is 5.69. The van der Waals surface area contributed by atoms with Crippen molar-refractivity contribution in [1.82, 2.24) is 10.3 Å². The number of pyridine rings is 1. The third-order valence-corrected chi connectivity index (χ3v) is 3.72. The van der Waals surface area contributed by atoms with Crippen molar-refractivity contribution in [1.29, 1.82) is 0 Å². The molecule has 0 atom stereocenters. The first kappa shape index (κ1) is 14.1. The molecular formula is C18H22N2O. The summed E-state index contributed by atoms with van der Waals surface area (Å²) in [4.78, 5) is 4.32. The van der Waals surface area contributed by atoms with Gasteiger partial charge in [-0.05, 0) is 38.0 Å². The molecule has 1 aromatic carbocycles. The van der Waals surface area contributed by atoms with Crippen molar-refractivity contribution in [2.75, 3.05) is 6.61 Å². The molecule has 1 heterocycles. The van der Waals surface area contributed by atoms with E-state index >= 15 is 0 Å². The van der Waals surface area contributed by atoms with Crippen molar-refractivity contribution in [3.8, 4) is 5.75 Å². The van der Waals surface area contributed by atoms with Crippen LogP contribution in [0.1, 0.15) is 29.7 Å². The fourth-order valence-electron chi connectivity index (χ4n) is 2.34. The smallest absolute Gasteiger partial charge is 0.123 e. The molecule has 110 valence electrons. The number of hydrogen-bond donors (Lipinski definition) is 1. The number of nitrogens with one attached hydrogen (secondary N) is 1. The van der Waals surface area contributed by atoms with Gasteiger partial charge >= 0.3 is 0 Å². The minimum atomic E-state index is 0.663. The summed E-state index contributed by atoms with van der Waals surface area (Å²) in [6, 6.07) is 13.1. The Morgan fingerprint density at radius 2 is 2.14 bits per heavy atom. The molecule has 0 bridgehead atoms. The van der Waals surface area contributed by atoms with E-state index in [2.05, 4.69) is 35.4 Å². The van der Waals surface area contributed by atoms with Crippen molar-refractivity contribution < 1.29 is 4.74 Å². The number of nitrogens with zero attached hydrogens (tertiary/aromatic N) is 1. The highest BCUT2D eigenvalue weighted by Crippen LogP contribution is 2.23. The van der Waals surface area contributed by atoms with Crippen LogP contribution >= 0.6 is 0 Å². The van der Waals surface area contributed by atoms with E-state index in [-0.39, 0.29) is 0 Å². The minimum Gasteiger partial charge on any atom is -0.493 e. The van der Waals surface area contributed by atoms with Crippen LogP contribution in [0, 0.1) is 6.92 Å². The zero-order valence-electron chi connectivity index (χ0n) is 12.5. The van der Waals surface area contributed by atoms with Gasteiger partial charge in [0.1, 0.15) is 5.75 Å². The van der Waals surface area contributed by atoms with Crippen LogP contribution in [0.5, 0.6) is 5.75 Å². The molecule has 1 aromatic heterocycles. The van der Waals surface area contributed by atoms with Crippen LogP contribution in [0.25, 0.3) is 0 Å². The second kappa shape index (κ2) is 6.72. The number of aryl methyl sites for hydroxylation is 1. The van der Waals surface area contributed by atoms with E-state index in [9.17, 15) is 0 Å². The van der Waals surface area contributed by atoms with Gasteiger partial charge in [-0.2, -0.15) is 0 Å². The fourth-order valence-corrected chi connectivity index (χ4v) is 2.34. The van der Waals surface area contributed by atoms with E-state index in [0.717, 1.165) is 24.4 Å². The lowest BCUT2D eigenvalue weighted by Gasteiger charge is -2.13. The maximum absolute atomic E-state index is 5.97. The van der Waals surface area contributed by atoms with E-state index in [1.807, 2.05) is 24.4 Å². The highest BCUT2D eigenvalue weighted by Gasteiger charge is 2.20. The third kappa shape index (κ3) is 4.30. The number of ether oxygens (including phenoxy) is 1. The third-order valence-electron chi connectivity index (χ3n) is 3.72. The molecule has 3 nitrogen and oxygen atoms in total. The average Bonchev–Trinajstić information content (AvgIpc) is 3.32. The standard InChI is InChI=1S/C18H22N2O/c1-14-5-8-18(15(12-14)13-20-17-6-7-17)21-11-9-16-4-2-3-10-19-16/h2-5,8,10,12,17,20H,6-7,9,11,13H2,1H3. The van der Waals surface area contributed by atoms with Crippen LogP contribution in [-0.4, -0.2) is 17.6 Å². The molecule has 2 aromatic rings. The van der Waals surface area contributed by atoms with E-state index in [0.29, 0.717) is 12.6 Å². The molecule has 1 saturated carbocycles. The maximum Gasteiger partial charge on any atom is 0.123 e. The molecule has 0 amide bonds. The van der Waals surface area contributed by atoms with E-state index in [1.54, 1.807) is 0 Å². The lowest BCUT2D eigenvalue weighted by Crippen LogP contribution is -2.16. The molecule has 0 aliphatic heterocycles. The highest BCUT2D eigenvalue weighted by atomic mass is 16.5. The Labute approximate surface area is 126 Å². The van der Waals surface area contributed by atoms with Gasteiger partial charge in [0.2, 0.25) is 0 Å². The molecule has 1 aliphatic carbocycles. The number of hydrogen-bond acceptors (Lipinski definition) is 3. The second-order valence-electron chi connectivity index (χ2n) is 5.69. The van der Waals surface area contributed by atoms with Gasteiger partial charge < -0.3 is 10.1 Å². The Bertz CT molecular complexity index is 579. The van der Waals surface area contributed by atoms with Crippen LogP contribution in [-0.2, 0) is 13.0 Å². The van der Waals surface area contributed by atoms with Crippen LogP contribution in [0.4, 0.5) is 0 Å². The lowest BCUT2D eigenvalue weighted by atomic mass is 10.1. The van der Waals surface area contributed by atoms with Gasteiger partial charge in [0, 0.05) is 36.5 Å². The molecule has 1 fully saturated rings. The van der Waals surface area contributed by atoms with Crippen molar-refractivity contribution in [3.05, 3.63) is 59.4 Å². The summed E-state index contributed by atoms with van der Waals surface area (Å²) in [7, 11) is 0. The van der Waals surface area contributed by atoms with Crippen LogP contribution in [0.3, 0.4) is 0 Å². The first-order valence-electron chi connectivity index (χ1n) is 7.67. The summed E-state index contributed by atoms with van der Waals surface area (Å²) >= 11 is 0. The predicted molar refractivity (Wildman–Crippen MR) is 84.5 cm³/mol. The number of aromatic nitrogens is 1. The summed E-state index contributed by atoms with van der Waals surface area (Å²) in [5, 5.41) is 3.56. The van der Waals surface area contributed by atoms with E-state index in [4.69, 9.17) is 4.74 Å². The first-order valence-corrected chi connectivity index (χ1v) is 7.67. The molecule has 3 rings (SSSR count). The number of rotatable bonds is 7. The largest absolute Gasteiger partial charge is 0.493 e. The molecule has 3 heteroatoms. The van der Waals surface area contributed by atoms with Crippen molar-refractivity contribution in [2.24, 2.45) is 0 Å². The van der Waals surface area contributed by atoms with Crippen LogP contribution in [0.15, 0.2) is 42.6 Å². The topological polar surface area (TPSA) is 34.1 Å². The minimum absolute atomic E-state index is 0.663. The van der Waals surface area contributed by atoms with Crippen molar-refractivity contribution >= 4 is 0 Å². The quantitative estimate of drug-likeness (QED) is 0.846. The Hall–Kier alpha value is -1.87. The van der Waals surface area contributed by atoms with Crippen LogP contribution in [0.2, 0.25) is 0 Å². The Morgan fingerprint density at radius 1 is 1.24 bits per heavy atom. The van der Waals surface area contributed by atoms with Gasteiger partial charge in [-0.25, -0.2) is 0 Å². The zero-order valence-corrected chi connectivity index (χ0v) is 12.5. The Balaban J connectivity index is 1.58. The Morgan fingerprint density at radius 3 is 2.90 bits per heavy atom. The summed E-state index contributed by atoms with van der Waals surface area (Å²) in [6.45, 7) is 3.68. The van der Waals surface area contributed by atoms with E-state index in [1.165, 1.54) is 24.0 Å². The monoisotopic (exact) mass is 282 g/mol. The summed E-state index contributed by atoms with van der Waals surface area (Å²) in [6.07, 6.45) is 5.28. The average molecular weight is 282 g/mol. The van der Waals surface area contributed by atoms with E-state index < -0.39 is 0 Å². The summed E-state index contributed by atoms with van der Waals surface area (Å²) < 4.78 is 5.97. The molecular weight excluding hydrogens is 260 g/mol. The van der Waals surface area contributed by atoms with Gasteiger partial charge in [-0.15, -0.1) is 0 Å². The van der Waals surface area contributed by atoms with Gasteiger partial charge in [0.05, 0.1) is 6.61 Å². The van der Waals surface area contributed by atoms with Crippen molar-refractivity contribution in [2.45, 2.75) is 38.8 Å². The van der Waals surface area contributed by atoms with Gasteiger partial charge in [-0.1, -0.05) is 23.8 Å². The van der Waals surface area contributed by atoms with Gasteiger partial charge in [-0.3, -0.25) is 4.98 Å². The SMILES string of the molecule is Cc1ccc(OCCc2ccccn2)c(CNC2CC2)c1. The summed E-state index contributed by atoms with van der Waals surface area (Å²) in [5.74, 6) is 0.990. The summed E-state index contributed by atoms with van der Waals surface area (Å²) in [5.41, 5.74) is 3.60. The maximum atomic E-state index is 5.97. The molecule has 1 N–H and O–H groups in total. The highest BCUT2D eigenvalue weighted by molar-refractivity contribution is 5.37. The molecule has 1 aliphatic rings. The first-order chi connectivity index (χ1) is 10.3. The molecule has 0 unspecified atom stereocenters. The van der Waals surface area contributed by atoms with Crippen molar-refractivity contribution in [3.63, 3.8) is 0 Å². The normalized spacial score (nSPS) is 14.1. The molecule has 21 heavy (non-hydrogen) atoms. The fraction of sp³-hybridized carbons (Fsp3) is 0.389. The Kier molecular flexibility index (Phi) is 4.51. The van der Waals surface area contributed by atoms with Crippen LogP contribution < -0.4 is 10.1 Å². The van der Waals surface area contributed by atoms with Gasteiger partial charge in [0.25, 0.3) is 0 Å². The number of benzene rings is 1.